The van der Waals surface area contributed by atoms with Crippen molar-refractivity contribution in [3.05, 3.63) is 70.6 Å². The average molecular weight is 347 g/mol. The van der Waals surface area contributed by atoms with E-state index in [1.54, 1.807) is 24.3 Å². The molecule has 1 N–H and O–H groups in total. The number of rotatable bonds is 4. The molecule has 4 nitrogen and oxygen atoms in total. The predicted molar refractivity (Wildman–Crippen MR) is 101 cm³/mol. The first-order valence-electron chi connectivity index (χ1n) is 7.94. The molecule has 3 rings (SSSR count). The second-order valence-corrected chi connectivity index (χ2v) is 6.82. The van der Waals surface area contributed by atoms with Gasteiger partial charge >= 0.3 is 0 Å². The molecule has 124 valence electrons. The first-order valence-corrected chi connectivity index (χ1v) is 8.82. The van der Waals surface area contributed by atoms with Crippen molar-refractivity contribution in [2.45, 2.75) is 19.8 Å². The van der Waals surface area contributed by atoms with Gasteiger partial charge < -0.3 is 0 Å². The number of carbonyl (C=O) groups excluding carboxylic acids is 1. The van der Waals surface area contributed by atoms with E-state index in [-0.39, 0.29) is 5.91 Å². The van der Waals surface area contributed by atoms with Crippen LogP contribution in [-0.4, -0.2) is 10.9 Å². The molecule has 0 aliphatic carbocycles. The zero-order valence-electron chi connectivity index (χ0n) is 14.0. The molecular weight excluding hydrogens is 330 g/mol. The summed E-state index contributed by atoms with van der Waals surface area (Å²) in [5.74, 6) is 0.219. The fourth-order valence-corrected chi connectivity index (χ4v) is 3.12. The van der Waals surface area contributed by atoms with E-state index >= 15 is 0 Å². The van der Waals surface area contributed by atoms with Crippen molar-refractivity contribution < 1.29 is 4.79 Å². The van der Waals surface area contributed by atoms with Gasteiger partial charge in [0.15, 0.2) is 5.13 Å². The lowest BCUT2D eigenvalue weighted by Crippen LogP contribution is -2.11. The maximum absolute atomic E-state index is 12.3. The molecule has 0 fully saturated rings. The van der Waals surface area contributed by atoms with Gasteiger partial charge in [0.05, 0.1) is 17.3 Å². The molecule has 3 aromatic rings. The van der Waals surface area contributed by atoms with Crippen LogP contribution in [0.1, 0.15) is 41.3 Å². The Morgan fingerprint density at radius 3 is 2.64 bits per heavy atom. The molecule has 5 heteroatoms. The van der Waals surface area contributed by atoms with Gasteiger partial charge in [0.2, 0.25) is 0 Å². The standard InChI is InChI=1S/C20H17N3OS/c1-13(2)15-6-8-16(9-7-15)18-12-25-20(22-18)23-19(24)17-5-3-4-14(10-17)11-21/h3-10,12-13H,1-2H3,(H,22,23,24). The Hall–Kier alpha value is -2.97. The van der Waals surface area contributed by atoms with Gasteiger partial charge in [-0.15, -0.1) is 11.3 Å². The summed E-state index contributed by atoms with van der Waals surface area (Å²) in [6, 6.07) is 16.9. The Kier molecular flexibility index (Phi) is 4.92. The molecular formula is C20H17N3OS. The van der Waals surface area contributed by atoms with E-state index in [1.807, 2.05) is 23.6 Å². The molecule has 2 aromatic carbocycles. The van der Waals surface area contributed by atoms with Crippen molar-refractivity contribution in [2.24, 2.45) is 0 Å². The van der Waals surface area contributed by atoms with Crippen LogP contribution in [-0.2, 0) is 0 Å². The quantitative estimate of drug-likeness (QED) is 0.717. The Balaban J connectivity index is 1.75. The van der Waals surface area contributed by atoms with Crippen LogP contribution in [0.5, 0.6) is 0 Å². The average Bonchev–Trinajstić information content (AvgIpc) is 3.10. The van der Waals surface area contributed by atoms with Gasteiger partial charge in [0.1, 0.15) is 0 Å². The highest BCUT2D eigenvalue weighted by atomic mass is 32.1. The van der Waals surface area contributed by atoms with Crippen molar-refractivity contribution in [3.8, 4) is 17.3 Å². The number of anilines is 1. The second-order valence-electron chi connectivity index (χ2n) is 5.96. The lowest BCUT2D eigenvalue weighted by molar-refractivity contribution is 0.102. The predicted octanol–water partition coefficient (Wildman–Crippen LogP) is 5.06. The summed E-state index contributed by atoms with van der Waals surface area (Å²) in [7, 11) is 0. The van der Waals surface area contributed by atoms with E-state index in [0.717, 1.165) is 11.3 Å². The number of nitrogens with zero attached hydrogens (tertiary/aromatic N) is 2. The fourth-order valence-electron chi connectivity index (χ4n) is 2.40. The normalized spacial score (nSPS) is 10.5. The largest absolute Gasteiger partial charge is 0.298 e. The number of carbonyl (C=O) groups is 1. The third-order valence-electron chi connectivity index (χ3n) is 3.85. The Bertz CT molecular complexity index is 936. The van der Waals surface area contributed by atoms with Gasteiger partial charge in [-0.2, -0.15) is 5.26 Å². The lowest BCUT2D eigenvalue weighted by Gasteiger charge is -2.05. The maximum Gasteiger partial charge on any atom is 0.257 e. The highest BCUT2D eigenvalue weighted by Crippen LogP contribution is 2.26. The van der Waals surface area contributed by atoms with E-state index < -0.39 is 0 Å². The summed E-state index contributed by atoms with van der Waals surface area (Å²) in [4.78, 5) is 16.8. The Morgan fingerprint density at radius 1 is 1.20 bits per heavy atom. The number of nitrogens with one attached hydrogen (secondary N) is 1. The van der Waals surface area contributed by atoms with Crippen LogP contribution in [0.3, 0.4) is 0 Å². The SMILES string of the molecule is CC(C)c1ccc(-c2csc(NC(=O)c3cccc(C#N)c3)n2)cc1. The maximum atomic E-state index is 12.3. The minimum atomic E-state index is -0.270. The van der Waals surface area contributed by atoms with Gasteiger partial charge in [-0.25, -0.2) is 4.98 Å². The van der Waals surface area contributed by atoms with Crippen molar-refractivity contribution in [1.82, 2.24) is 4.98 Å². The monoisotopic (exact) mass is 347 g/mol. The summed E-state index contributed by atoms with van der Waals surface area (Å²) in [5.41, 5.74) is 4.04. The Labute approximate surface area is 150 Å². The molecule has 0 bridgehead atoms. The second kappa shape index (κ2) is 7.29. The summed E-state index contributed by atoms with van der Waals surface area (Å²) in [5, 5.41) is 14.2. The molecule has 0 atom stereocenters. The third kappa shape index (κ3) is 3.93. The molecule has 0 spiro atoms. The molecule has 1 amide bonds. The van der Waals surface area contributed by atoms with Crippen LogP contribution in [0.2, 0.25) is 0 Å². The van der Waals surface area contributed by atoms with Crippen LogP contribution in [0.4, 0.5) is 5.13 Å². The molecule has 25 heavy (non-hydrogen) atoms. The van der Waals surface area contributed by atoms with Crippen molar-refractivity contribution in [3.63, 3.8) is 0 Å². The summed E-state index contributed by atoms with van der Waals surface area (Å²) in [6.07, 6.45) is 0. The summed E-state index contributed by atoms with van der Waals surface area (Å²) >= 11 is 1.38. The number of hydrogen-bond donors (Lipinski definition) is 1. The van der Waals surface area contributed by atoms with E-state index in [2.05, 4.69) is 36.3 Å². The molecule has 0 radical (unpaired) electrons. The smallest absolute Gasteiger partial charge is 0.257 e. The lowest BCUT2D eigenvalue weighted by atomic mass is 10.0. The number of aromatic nitrogens is 1. The minimum Gasteiger partial charge on any atom is -0.298 e. The van der Waals surface area contributed by atoms with Crippen LogP contribution < -0.4 is 5.32 Å². The van der Waals surface area contributed by atoms with Gasteiger partial charge in [-0.05, 0) is 29.7 Å². The third-order valence-corrected chi connectivity index (χ3v) is 4.61. The highest BCUT2D eigenvalue weighted by molar-refractivity contribution is 7.14. The van der Waals surface area contributed by atoms with E-state index in [9.17, 15) is 4.79 Å². The molecule has 0 unspecified atom stereocenters. The van der Waals surface area contributed by atoms with E-state index in [1.165, 1.54) is 16.9 Å². The van der Waals surface area contributed by atoms with E-state index in [0.29, 0.717) is 22.2 Å². The zero-order valence-corrected chi connectivity index (χ0v) is 14.8. The van der Waals surface area contributed by atoms with Gasteiger partial charge in [-0.1, -0.05) is 44.2 Å². The van der Waals surface area contributed by atoms with Crippen LogP contribution >= 0.6 is 11.3 Å². The molecule has 0 saturated carbocycles. The zero-order chi connectivity index (χ0) is 17.8. The fraction of sp³-hybridized carbons (Fsp3) is 0.150. The number of nitriles is 1. The highest BCUT2D eigenvalue weighted by Gasteiger charge is 2.11. The molecule has 0 saturated heterocycles. The minimum absolute atomic E-state index is 0.270. The van der Waals surface area contributed by atoms with Gasteiger partial charge in [-0.3, -0.25) is 10.1 Å². The van der Waals surface area contributed by atoms with Crippen LogP contribution in [0.15, 0.2) is 53.9 Å². The van der Waals surface area contributed by atoms with Crippen molar-refractivity contribution in [2.75, 3.05) is 5.32 Å². The van der Waals surface area contributed by atoms with Crippen LogP contribution in [0.25, 0.3) is 11.3 Å². The van der Waals surface area contributed by atoms with Crippen molar-refractivity contribution >= 4 is 22.4 Å². The van der Waals surface area contributed by atoms with Crippen LogP contribution in [0, 0.1) is 11.3 Å². The summed E-state index contributed by atoms with van der Waals surface area (Å²) in [6.45, 7) is 4.32. The molecule has 0 aliphatic heterocycles. The first-order chi connectivity index (χ1) is 12.1. The van der Waals surface area contributed by atoms with Gasteiger partial charge in [0.25, 0.3) is 5.91 Å². The first kappa shape index (κ1) is 16.9. The van der Waals surface area contributed by atoms with Crippen molar-refractivity contribution in [1.29, 1.82) is 5.26 Å². The number of thiazole rings is 1. The molecule has 1 heterocycles. The topological polar surface area (TPSA) is 65.8 Å². The number of hydrogen-bond acceptors (Lipinski definition) is 4. The summed E-state index contributed by atoms with van der Waals surface area (Å²) < 4.78 is 0. The number of amides is 1. The Morgan fingerprint density at radius 2 is 1.96 bits per heavy atom. The number of benzene rings is 2. The molecule has 0 aliphatic rings. The van der Waals surface area contributed by atoms with Gasteiger partial charge in [0, 0.05) is 16.5 Å². The molecule has 1 aromatic heterocycles. The van der Waals surface area contributed by atoms with E-state index in [4.69, 9.17) is 5.26 Å².